The van der Waals surface area contributed by atoms with E-state index in [4.69, 9.17) is 0 Å². The van der Waals surface area contributed by atoms with E-state index >= 15 is 0 Å². The first-order valence-electron chi connectivity index (χ1n) is 6.12. The van der Waals surface area contributed by atoms with E-state index in [1.807, 2.05) is 0 Å². The number of rotatable bonds is 4. The SMILES string of the molecule is CCCCCN1CCNCCC1(C)C. The van der Waals surface area contributed by atoms with Gasteiger partial charge in [-0.05, 0) is 39.8 Å². The molecule has 0 amide bonds. The molecule has 0 aromatic rings. The molecular weight excluding hydrogens is 172 g/mol. The van der Waals surface area contributed by atoms with Gasteiger partial charge in [0.05, 0.1) is 0 Å². The topological polar surface area (TPSA) is 15.3 Å². The Morgan fingerprint density at radius 3 is 2.71 bits per heavy atom. The summed E-state index contributed by atoms with van der Waals surface area (Å²) in [6, 6.07) is 0. The third-order valence-corrected chi connectivity index (χ3v) is 3.36. The number of hydrogen-bond acceptors (Lipinski definition) is 2. The highest BCUT2D eigenvalue weighted by molar-refractivity contribution is 4.85. The Balaban J connectivity index is 2.37. The zero-order chi connectivity index (χ0) is 10.4. The van der Waals surface area contributed by atoms with Gasteiger partial charge in [0.2, 0.25) is 0 Å². The molecule has 14 heavy (non-hydrogen) atoms. The van der Waals surface area contributed by atoms with Crippen molar-refractivity contribution >= 4 is 0 Å². The van der Waals surface area contributed by atoms with Gasteiger partial charge in [-0.2, -0.15) is 0 Å². The lowest BCUT2D eigenvalue weighted by atomic mass is 9.98. The van der Waals surface area contributed by atoms with E-state index < -0.39 is 0 Å². The summed E-state index contributed by atoms with van der Waals surface area (Å²) in [5, 5.41) is 3.48. The second-order valence-electron chi connectivity index (χ2n) is 5.01. The van der Waals surface area contributed by atoms with Crippen molar-refractivity contribution in [1.82, 2.24) is 10.2 Å². The van der Waals surface area contributed by atoms with Gasteiger partial charge >= 0.3 is 0 Å². The van der Waals surface area contributed by atoms with Gasteiger partial charge in [-0.1, -0.05) is 19.8 Å². The lowest BCUT2D eigenvalue weighted by Crippen LogP contribution is -2.44. The predicted molar refractivity (Wildman–Crippen MR) is 62.7 cm³/mol. The first-order chi connectivity index (χ1) is 6.67. The number of nitrogens with one attached hydrogen (secondary N) is 1. The highest BCUT2D eigenvalue weighted by Crippen LogP contribution is 2.20. The van der Waals surface area contributed by atoms with Crippen molar-refractivity contribution in [2.24, 2.45) is 0 Å². The van der Waals surface area contributed by atoms with E-state index in [1.54, 1.807) is 0 Å². The van der Waals surface area contributed by atoms with Crippen molar-refractivity contribution in [2.75, 3.05) is 26.2 Å². The van der Waals surface area contributed by atoms with Crippen LogP contribution in [0.15, 0.2) is 0 Å². The fourth-order valence-corrected chi connectivity index (χ4v) is 2.16. The van der Waals surface area contributed by atoms with Crippen molar-refractivity contribution in [3.8, 4) is 0 Å². The normalized spacial score (nSPS) is 23.4. The predicted octanol–water partition coefficient (Wildman–Crippen LogP) is 2.25. The van der Waals surface area contributed by atoms with Crippen molar-refractivity contribution in [3.63, 3.8) is 0 Å². The summed E-state index contributed by atoms with van der Waals surface area (Å²) in [4.78, 5) is 2.66. The van der Waals surface area contributed by atoms with Crippen LogP contribution in [-0.4, -0.2) is 36.6 Å². The summed E-state index contributed by atoms with van der Waals surface area (Å²) in [6.45, 7) is 11.9. The van der Waals surface area contributed by atoms with Crippen LogP contribution >= 0.6 is 0 Å². The Bertz CT molecular complexity index is 154. The molecule has 0 saturated carbocycles. The maximum absolute atomic E-state index is 3.48. The summed E-state index contributed by atoms with van der Waals surface area (Å²) >= 11 is 0. The van der Waals surface area contributed by atoms with Crippen LogP contribution in [-0.2, 0) is 0 Å². The third-order valence-electron chi connectivity index (χ3n) is 3.36. The van der Waals surface area contributed by atoms with Crippen LogP contribution in [0.2, 0.25) is 0 Å². The van der Waals surface area contributed by atoms with Crippen LogP contribution in [0.3, 0.4) is 0 Å². The minimum atomic E-state index is 0.400. The molecule has 0 aromatic heterocycles. The molecule has 0 bridgehead atoms. The molecule has 0 radical (unpaired) electrons. The van der Waals surface area contributed by atoms with Crippen LogP contribution in [0.1, 0.15) is 46.5 Å². The number of hydrogen-bond donors (Lipinski definition) is 1. The van der Waals surface area contributed by atoms with E-state index in [-0.39, 0.29) is 0 Å². The molecule has 0 aliphatic carbocycles. The Morgan fingerprint density at radius 2 is 2.00 bits per heavy atom. The van der Waals surface area contributed by atoms with E-state index in [1.165, 1.54) is 45.3 Å². The zero-order valence-corrected chi connectivity index (χ0v) is 10.1. The van der Waals surface area contributed by atoms with Gasteiger partial charge in [-0.3, -0.25) is 4.90 Å². The molecule has 2 heteroatoms. The molecular formula is C12H26N2. The van der Waals surface area contributed by atoms with Crippen LogP contribution in [0, 0.1) is 0 Å². The molecule has 1 rings (SSSR count). The molecule has 0 atom stereocenters. The maximum Gasteiger partial charge on any atom is 0.0165 e. The molecule has 1 N–H and O–H groups in total. The molecule has 84 valence electrons. The molecule has 1 aliphatic rings. The van der Waals surface area contributed by atoms with Crippen molar-refractivity contribution in [2.45, 2.75) is 52.0 Å². The van der Waals surface area contributed by atoms with Gasteiger partial charge in [0.15, 0.2) is 0 Å². The van der Waals surface area contributed by atoms with Crippen LogP contribution in [0.25, 0.3) is 0 Å². The molecule has 1 fully saturated rings. The summed E-state index contributed by atoms with van der Waals surface area (Å²) in [5.74, 6) is 0. The quantitative estimate of drug-likeness (QED) is 0.697. The van der Waals surface area contributed by atoms with E-state index in [0.29, 0.717) is 5.54 Å². The minimum Gasteiger partial charge on any atom is -0.315 e. The molecule has 0 spiro atoms. The van der Waals surface area contributed by atoms with Crippen LogP contribution < -0.4 is 5.32 Å². The Kier molecular flexibility index (Phi) is 4.90. The summed E-state index contributed by atoms with van der Waals surface area (Å²) in [5.41, 5.74) is 0.400. The zero-order valence-electron chi connectivity index (χ0n) is 10.1. The first kappa shape index (κ1) is 12.0. The van der Waals surface area contributed by atoms with Gasteiger partial charge in [0, 0.05) is 18.6 Å². The molecule has 1 aliphatic heterocycles. The molecule has 1 heterocycles. The van der Waals surface area contributed by atoms with Gasteiger partial charge in [-0.25, -0.2) is 0 Å². The van der Waals surface area contributed by atoms with Gasteiger partial charge in [0.1, 0.15) is 0 Å². The van der Waals surface area contributed by atoms with E-state index in [9.17, 15) is 0 Å². The molecule has 0 aromatic carbocycles. The van der Waals surface area contributed by atoms with Crippen LogP contribution in [0.5, 0.6) is 0 Å². The lowest BCUT2D eigenvalue weighted by molar-refractivity contribution is 0.126. The van der Waals surface area contributed by atoms with Crippen molar-refractivity contribution in [3.05, 3.63) is 0 Å². The minimum absolute atomic E-state index is 0.400. The monoisotopic (exact) mass is 198 g/mol. The average molecular weight is 198 g/mol. The fourth-order valence-electron chi connectivity index (χ4n) is 2.16. The standard InChI is InChI=1S/C12H26N2/c1-4-5-6-10-14-11-9-13-8-7-12(14,2)3/h13H,4-11H2,1-3H3. The average Bonchev–Trinajstić information content (AvgIpc) is 2.29. The van der Waals surface area contributed by atoms with Crippen LogP contribution in [0.4, 0.5) is 0 Å². The lowest BCUT2D eigenvalue weighted by Gasteiger charge is -2.36. The Hall–Kier alpha value is -0.0800. The van der Waals surface area contributed by atoms with E-state index in [0.717, 1.165) is 6.54 Å². The van der Waals surface area contributed by atoms with Crippen molar-refractivity contribution in [1.29, 1.82) is 0 Å². The third kappa shape index (κ3) is 3.58. The molecule has 0 unspecified atom stereocenters. The summed E-state index contributed by atoms with van der Waals surface area (Å²) in [7, 11) is 0. The maximum atomic E-state index is 3.48. The summed E-state index contributed by atoms with van der Waals surface area (Å²) < 4.78 is 0. The van der Waals surface area contributed by atoms with Crippen molar-refractivity contribution < 1.29 is 0 Å². The number of unbranched alkanes of at least 4 members (excludes halogenated alkanes) is 2. The number of nitrogens with zero attached hydrogens (tertiary/aromatic N) is 1. The van der Waals surface area contributed by atoms with Gasteiger partial charge in [-0.15, -0.1) is 0 Å². The smallest absolute Gasteiger partial charge is 0.0165 e. The second kappa shape index (κ2) is 5.72. The molecule has 2 nitrogen and oxygen atoms in total. The Labute approximate surface area is 89.1 Å². The van der Waals surface area contributed by atoms with E-state index in [2.05, 4.69) is 31.0 Å². The first-order valence-corrected chi connectivity index (χ1v) is 6.12. The highest BCUT2D eigenvalue weighted by atomic mass is 15.2. The summed E-state index contributed by atoms with van der Waals surface area (Å²) in [6.07, 6.45) is 5.34. The fraction of sp³-hybridized carbons (Fsp3) is 1.00. The van der Waals surface area contributed by atoms with Gasteiger partial charge < -0.3 is 5.32 Å². The largest absolute Gasteiger partial charge is 0.315 e. The molecule has 1 saturated heterocycles. The second-order valence-corrected chi connectivity index (χ2v) is 5.01. The highest BCUT2D eigenvalue weighted by Gasteiger charge is 2.27. The Morgan fingerprint density at radius 1 is 1.21 bits per heavy atom. The van der Waals surface area contributed by atoms with Gasteiger partial charge in [0.25, 0.3) is 0 Å².